The van der Waals surface area contributed by atoms with Crippen molar-refractivity contribution in [2.45, 2.75) is 18.9 Å². The molecule has 3 heteroatoms. The van der Waals surface area contributed by atoms with Crippen molar-refractivity contribution in [2.75, 3.05) is 32.4 Å². The highest BCUT2D eigenvalue weighted by Crippen LogP contribution is 2.28. The van der Waals surface area contributed by atoms with Crippen molar-refractivity contribution in [2.24, 2.45) is 0 Å². The fourth-order valence-corrected chi connectivity index (χ4v) is 2.22. The van der Waals surface area contributed by atoms with Crippen LogP contribution in [0.1, 0.15) is 12.8 Å². The Labute approximate surface area is 73.1 Å². The largest absolute Gasteiger partial charge is 0.298 e. The van der Waals surface area contributed by atoms with Gasteiger partial charge in [0.1, 0.15) is 0 Å². The quantitative estimate of drug-likeness (QED) is 0.575. The lowest BCUT2D eigenvalue weighted by atomic mass is 10.3. The van der Waals surface area contributed by atoms with Gasteiger partial charge in [0, 0.05) is 32.2 Å². The molecule has 0 aromatic carbocycles. The van der Waals surface area contributed by atoms with Crippen LogP contribution in [0.15, 0.2) is 0 Å². The maximum absolute atomic E-state index is 2.65. The molecule has 1 heterocycles. The number of nitrogens with zero attached hydrogens (tertiary/aromatic N) is 2. The Kier molecular flexibility index (Phi) is 2.39. The first-order valence-corrected chi connectivity index (χ1v) is 5.61. The van der Waals surface area contributed by atoms with E-state index in [0.29, 0.717) is 0 Å². The lowest BCUT2D eigenvalue weighted by Crippen LogP contribution is -2.44. The normalized spacial score (nSPS) is 29.2. The van der Waals surface area contributed by atoms with E-state index in [1.54, 1.807) is 0 Å². The van der Waals surface area contributed by atoms with Crippen molar-refractivity contribution in [3.8, 4) is 0 Å². The Bertz CT molecular complexity index is 128. The summed E-state index contributed by atoms with van der Waals surface area (Å²) in [4.78, 5) is 2.65. The number of rotatable bonds is 2. The topological polar surface area (TPSA) is 6.48 Å². The van der Waals surface area contributed by atoms with Gasteiger partial charge in [0.2, 0.25) is 0 Å². The van der Waals surface area contributed by atoms with Crippen LogP contribution < -0.4 is 0 Å². The van der Waals surface area contributed by atoms with E-state index in [1.807, 2.05) is 11.9 Å². The molecule has 0 amide bonds. The third-order valence-electron chi connectivity index (χ3n) is 2.59. The van der Waals surface area contributed by atoms with Gasteiger partial charge in [-0.25, -0.2) is 4.31 Å². The maximum Gasteiger partial charge on any atom is 0.0218 e. The minimum absolute atomic E-state index is 0.971. The zero-order valence-electron chi connectivity index (χ0n) is 7.12. The van der Waals surface area contributed by atoms with Crippen molar-refractivity contribution < 1.29 is 0 Å². The molecule has 0 atom stereocenters. The van der Waals surface area contributed by atoms with Gasteiger partial charge in [-0.05, 0) is 19.1 Å². The lowest BCUT2D eigenvalue weighted by Gasteiger charge is -2.33. The van der Waals surface area contributed by atoms with Gasteiger partial charge in [-0.2, -0.15) is 0 Å². The van der Waals surface area contributed by atoms with Crippen LogP contribution >= 0.6 is 11.9 Å². The molecule has 2 nitrogen and oxygen atoms in total. The number of hydrogen-bond donors (Lipinski definition) is 0. The van der Waals surface area contributed by atoms with Gasteiger partial charge in [0.15, 0.2) is 0 Å². The first kappa shape index (κ1) is 7.90. The monoisotopic (exact) mass is 172 g/mol. The molecular formula is C8H16N2S. The SMILES string of the molecule is CSN1CCN(C2CC2)CC1. The molecule has 0 N–H and O–H groups in total. The average molecular weight is 172 g/mol. The first-order valence-electron chi connectivity index (χ1n) is 4.43. The van der Waals surface area contributed by atoms with E-state index in [-0.39, 0.29) is 0 Å². The smallest absolute Gasteiger partial charge is 0.0218 e. The second kappa shape index (κ2) is 3.33. The Morgan fingerprint density at radius 1 is 1.09 bits per heavy atom. The highest BCUT2D eigenvalue weighted by molar-refractivity contribution is 7.96. The van der Waals surface area contributed by atoms with Gasteiger partial charge in [-0.1, -0.05) is 11.9 Å². The van der Waals surface area contributed by atoms with E-state index in [4.69, 9.17) is 0 Å². The number of piperazine rings is 1. The molecule has 0 aromatic rings. The van der Waals surface area contributed by atoms with E-state index in [9.17, 15) is 0 Å². The van der Waals surface area contributed by atoms with Crippen LogP contribution in [-0.2, 0) is 0 Å². The van der Waals surface area contributed by atoms with Crippen molar-refractivity contribution in [3.63, 3.8) is 0 Å². The molecule has 1 saturated carbocycles. The van der Waals surface area contributed by atoms with Crippen LogP contribution in [0.3, 0.4) is 0 Å². The van der Waals surface area contributed by atoms with Gasteiger partial charge in [0.25, 0.3) is 0 Å². The van der Waals surface area contributed by atoms with Crippen molar-refractivity contribution >= 4 is 11.9 Å². The zero-order chi connectivity index (χ0) is 7.68. The molecule has 1 aliphatic carbocycles. The lowest BCUT2D eigenvalue weighted by molar-refractivity contribution is 0.188. The summed E-state index contributed by atoms with van der Waals surface area (Å²) in [5.41, 5.74) is 0. The highest BCUT2D eigenvalue weighted by Gasteiger charge is 2.30. The zero-order valence-corrected chi connectivity index (χ0v) is 7.94. The third kappa shape index (κ3) is 1.89. The summed E-state index contributed by atoms with van der Waals surface area (Å²) in [6.07, 6.45) is 5.09. The molecule has 0 unspecified atom stereocenters. The van der Waals surface area contributed by atoms with Crippen molar-refractivity contribution in [3.05, 3.63) is 0 Å². The van der Waals surface area contributed by atoms with Crippen LogP contribution in [0.2, 0.25) is 0 Å². The molecule has 11 heavy (non-hydrogen) atoms. The molecule has 0 radical (unpaired) electrons. The van der Waals surface area contributed by atoms with E-state index >= 15 is 0 Å². The Morgan fingerprint density at radius 2 is 1.73 bits per heavy atom. The van der Waals surface area contributed by atoms with Crippen LogP contribution in [-0.4, -0.2) is 47.7 Å². The predicted octanol–water partition coefficient (Wildman–Crippen LogP) is 1.04. The number of hydrogen-bond acceptors (Lipinski definition) is 3. The summed E-state index contributed by atoms with van der Waals surface area (Å²) in [7, 11) is 0. The van der Waals surface area contributed by atoms with E-state index < -0.39 is 0 Å². The Balaban J connectivity index is 1.75. The molecule has 0 aromatic heterocycles. The van der Waals surface area contributed by atoms with Crippen LogP contribution in [0.4, 0.5) is 0 Å². The van der Waals surface area contributed by atoms with E-state index in [1.165, 1.54) is 39.0 Å². The Morgan fingerprint density at radius 3 is 2.18 bits per heavy atom. The van der Waals surface area contributed by atoms with Gasteiger partial charge in [-0.15, -0.1) is 0 Å². The fourth-order valence-electron chi connectivity index (χ4n) is 1.69. The first-order chi connectivity index (χ1) is 5.40. The minimum atomic E-state index is 0.971. The van der Waals surface area contributed by atoms with Gasteiger partial charge < -0.3 is 0 Å². The van der Waals surface area contributed by atoms with E-state index in [2.05, 4.69) is 15.5 Å². The summed E-state index contributed by atoms with van der Waals surface area (Å²) in [5, 5.41) is 0. The second-order valence-electron chi connectivity index (χ2n) is 3.38. The summed E-state index contributed by atoms with van der Waals surface area (Å²) in [5.74, 6) is 0. The third-order valence-corrected chi connectivity index (χ3v) is 3.48. The predicted molar refractivity (Wildman–Crippen MR) is 49.7 cm³/mol. The van der Waals surface area contributed by atoms with Crippen LogP contribution in [0.25, 0.3) is 0 Å². The molecule has 0 spiro atoms. The molecule has 1 saturated heterocycles. The van der Waals surface area contributed by atoms with Crippen LogP contribution in [0.5, 0.6) is 0 Å². The molecule has 2 aliphatic rings. The standard InChI is InChI=1S/C8H16N2S/c1-11-10-6-4-9(5-7-10)8-2-3-8/h8H,2-7H2,1H3. The minimum Gasteiger partial charge on any atom is -0.298 e. The molecule has 2 fully saturated rings. The van der Waals surface area contributed by atoms with Gasteiger partial charge in [0.05, 0.1) is 0 Å². The summed E-state index contributed by atoms with van der Waals surface area (Å²) in [6.45, 7) is 5.12. The molecule has 2 rings (SSSR count). The summed E-state index contributed by atoms with van der Waals surface area (Å²) in [6, 6.07) is 0.971. The van der Waals surface area contributed by atoms with Gasteiger partial charge >= 0.3 is 0 Å². The van der Waals surface area contributed by atoms with Crippen molar-refractivity contribution in [1.82, 2.24) is 9.21 Å². The molecular weight excluding hydrogens is 156 g/mol. The average Bonchev–Trinajstić information content (AvgIpc) is 2.87. The van der Waals surface area contributed by atoms with Crippen LogP contribution in [0, 0.1) is 0 Å². The van der Waals surface area contributed by atoms with Crippen molar-refractivity contribution in [1.29, 1.82) is 0 Å². The molecule has 1 aliphatic heterocycles. The summed E-state index contributed by atoms with van der Waals surface area (Å²) < 4.78 is 2.46. The Hall–Kier alpha value is 0.270. The molecule has 0 bridgehead atoms. The maximum atomic E-state index is 2.65. The van der Waals surface area contributed by atoms with Gasteiger partial charge in [-0.3, -0.25) is 4.90 Å². The molecule has 64 valence electrons. The second-order valence-corrected chi connectivity index (χ2v) is 4.26. The van der Waals surface area contributed by atoms with E-state index in [0.717, 1.165) is 6.04 Å². The highest BCUT2D eigenvalue weighted by atomic mass is 32.2. The fraction of sp³-hybridized carbons (Fsp3) is 1.00. The summed E-state index contributed by atoms with van der Waals surface area (Å²) >= 11 is 1.89.